The molecule has 0 rings (SSSR count). The first kappa shape index (κ1) is 6.92. The van der Waals surface area contributed by atoms with Crippen LogP contribution >= 0.6 is 0 Å². The molecule has 7 heavy (non-hydrogen) atoms. The van der Waals surface area contributed by atoms with Gasteiger partial charge in [-0.2, -0.15) is 0 Å². The second-order valence-electron chi connectivity index (χ2n) is 1.56. The summed E-state index contributed by atoms with van der Waals surface area (Å²) < 4.78 is 4.77. The SMILES string of the molecule is CCCC(N)OC. The Bertz CT molecular complexity index is 39.1. The highest BCUT2D eigenvalue weighted by atomic mass is 16.5. The Labute approximate surface area is 44.7 Å². The van der Waals surface area contributed by atoms with Gasteiger partial charge in [0.2, 0.25) is 0 Å². The number of hydrogen-bond acceptors (Lipinski definition) is 2. The molecule has 0 saturated carbocycles. The molecule has 0 aromatic rings. The molecule has 0 aliphatic carbocycles. The molecule has 0 radical (unpaired) electrons. The largest absolute Gasteiger partial charge is 0.367 e. The lowest BCUT2D eigenvalue weighted by Gasteiger charge is -2.04. The van der Waals surface area contributed by atoms with Crippen molar-refractivity contribution in [3.63, 3.8) is 0 Å². The maximum atomic E-state index is 5.36. The number of nitrogens with two attached hydrogens (primary N) is 1. The van der Waals surface area contributed by atoms with Crippen molar-refractivity contribution in [2.75, 3.05) is 7.11 Å². The predicted molar refractivity (Wildman–Crippen MR) is 29.9 cm³/mol. The van der Waals surface area contributed by atoms with Gasteiger partial charge in [0.15, 0.2) is 0 Å². The van der Waals surface area contributed by atoms with Gasteiger partial charge in [-0.1, -0.05) is 13.3 Å². The third-order valence-electron chi connectivity index (χ3n) is 0.876. The molecule has 0 spiro atoms. The van der Waals surface area contributed by atoms with Crippen LogP contribution in [0.5, 0.6) is 0 Å². The molecule has 0 saturated heterocycles. The standard InChI is InChI=1S/C5H13NO/c1-3-4-5(6)7-2/h5H,3-4,6H2,1-2H3. The van der Waals surface area contributed by atoms with Gasteiger partial charge in [-0.15, -0.1) is 0 Å². The summed E-state index contributed by atoms with van der Waals surface area (Å²) in [6.45, 7) is 2.08. The second-order valence-corrected chi connectivity index (χ2v) is 1.56. The van der Waals surface area contributed by atoms with Crippen molar-refractivity contribution in [3.8, 4) is 0 Å². The van der Waals surface area contributed by atoms with E-state index in [1.807, 2.05) is 0 Å². The molecular formula is C5H13NO. The van der Waals surface area contributed by atoms with E-state index in [4.69, 9.17) is 10.5 Å². The molecular weight excluding hydrogens is 90.1 g/mol. The fourth-order valence-electron chi connectivity index (χ4n) is 0.402. The molecule has 0 aliphatic heterocycles. The summed E-state index contributed by atoms with van der Waals surface area (Å²) in [5, 5.41) is 0. The van der Waals surface area contributed by atoms with Crippen LogP contribution in [-0.2, 0) is 4.74 Å². The molecule has 1 unspecified atom stereocenters. The van der Waals surface area contributed by atoms with Crippen LogP contribution in [0, 0.1) is 0 Å². The zero-order valence-electron chi connectivity index (χ0n) is 4.98. The van der Waals surface area contributed by atoms with Crippen LogP contribution in [0.1, 0.15) is 19.8 Å². The quantitative estimate of drug-likeness (QED) is 0.534. The van der Waals surface area contributed by atoms with Gasteiger partial charge in [0.05, 0.1) is 0 Å². The van der Waals surface area contributed by atoms with Crippen LogP contribution in [0.4, 0.5) is 0 Å². The molecule has 44 valence electrons. The van der Waals surface area contributed by atoms with Gasteiger partial charge < -0.3 is 10.5 Å². The second kappa shape index (κ2) is 4.09. The van der Waals surface area contributed by atoms with Crippen LogP contribution in [0.25, 0.3) is 0 Å². The Kier molecular flexibility index (Phi) is 4.04. The third kappa shape index (κ3) is 3.76. The first-order valence-electron chi connectivity index (χ1n) is 2.59. The summed E-state index contributed by atoms with van der Waals surface area (Å²) in [7, 11) is 1.63. The first-order chi connectivity index (χ1) is 3.31. The maximum Gasteiger partial charge on any atom is 0.105 e. The minimum atomic E-state index is -0.0509. The number of hydrogen-bond donors (Lipinski definition) is 1. The molecule has 0 aromatic carbocycles. The first-order valence-corrected chi connectivity index (χ1v) is 2.59. The average molecular weight is 103 g/mol. The lowest BCUT2D eigenvalue weighted by atomic mass is 10.3. The van der Waals surface area contributed by atoms with E-state index in [9.17, 15) is 0 Å². The summed E-state index contributed by atoms with van der Waals surface area (Å²) in [5.74, 6) is 0. The highest BCUT2D eigenvalue weighted by Crippen LogP contribution is 1.90. The molecule has 2 nitrogen and oxygen atoms in total. The number of methoxy groups -OCH3 is 1. The van der Waals surface area contributed by atoms with Crippen molar-refractivity contribution in [1.29, 1.82) is 0 Å². The summed E-state index contributed by atoms with van der Waals surface area (Å²) in [4.78, 5) is 0. The van der Waals surface area contributed by atoms with Crippen LogP contribution in [-0.4, -0.2) is 13.3 Å². The zero-order valence-corrected chi connectivity index (χ0v) is 4.98. The van der Waals surface area contributed by atoms with Gasteiger partial charge in [-0.25, -0.2) is 0 Å². The van der Waals surface area contributed by atoms with Gasteiger partial charge >= 0.3 is 0 Å². The van der Waals surface area contributed by atoms with Crippen LogP contribution in [0.15, 0.2) is 0 Å². The zero-order chi connectivity index (χ0) is 5.70. The Balaban J connectivity index is 2.83. The van der Waals surface area contributed by atoms with Crippen molar-refractivity contribution in [2.24, 2.45) is 5.73 Å². The highest BCUT2D eigenvalue weighted by Gasteiger charge is 1.92. The van der Waals surface area contributed by atoms with E-state index in [0.717, 1.165) is 12.8 Å². The van der Waals surface area contributed by atoms with Crippen LogP contribution in [0.3, 0.4) is 0 Å². The van der Waals surface area contributed by atoms with Gasteiger partial charge in [0, 0.05) is 7.11 Å². The molecule has 1 atom stereocenters. The van der Waals surface area contributed by atoms with E-state index in [1.165, 1.54) is 0 Å². The minimum Gasteiger partial charge on any atom is -0.367 e. The molecule has 0 fully saturated rings. The monoisotopic (exact) mass is 103 g/mol. The van der Waals surface area contributed by atoms with Gasteiger partial charge in [-0.05, 0) is 6.42 Å². The van der Waals surface area contributed by atoms with Crippen molar-refractivity contribution in [1.82, 2.24) is 0 Å². The Morgan fingerprint density at radius 3 is 2.43 bits per heavy atom. The Hall–Kier alpha value is -0.0800. The third-order valence-corrected chi connectivity index (χ3v) is 0.876. The van der Waals surface area contributed by atoms with Crippen molar-refractivity contribution < 1.29 is 4.74 Å². The van der Waals surface area contributed by atoms with E-state index in [0.29, 0.717) is 0 Å². The van der Waals surface area contributed by atoms with Crippen LogP contribution in [0.2, 0.25) is 0 Å². The number of ether oxygens (including phenoxy) is 1. The fraction of sp³-hybridized carbons (Fsp3) is 1.00. The summed E-state index contributed by atoms with van der Waals surface area (Å²) >= 11 is 0. The lowest BCUT2D eigenvalue weighted by Crippen LogP contribution is -2.20. The minimum absolute atomic E-state index is 0.0509. The predicted octanol–water partition coefficient (Wildman–Crippen LogP) is 0.718. The smallest absolute Gasteiger partial charge is 0.105 e. The summed E-state index contributed by atoms with van der Waals surface area (Å²) in [6, 6.07) is 0. The number of rotatable bonds is 3. The Morgan fingerprint density at radius 1 is 1.71 bits per heavy atom. The van der Waals surface area contributed by atoms with E-state index >= 15 is 0 Å². The maximum absolute atomic E-state index is 5.36. The van der Waals surface area contributed by atoms with E-state index in [1.54, 1.807) is 7.11 Å². The molecule has 0 heterocycles. The Morgan fingerprint density at radius 2 is 2.29 bits per heavy atom. The van der Waals surface area contributed by atoms with E-state index < -0.39 is 0 Å². The lowest BCUT2D eigenvalue weighted by molar-refractivity contribution is 0.100. The highest BCUT2D eigenvalue weighted by molar-refractivity contribution is 4.41. The van der Waals surface area contributed by atoms with Crippen molar-refractivity contribution in [3.05, 3.63) is 0 Å². The molecule has 2 N–H and O–H groups in total. The normalized spacial score (nSPS) is 14.1. The summed E-state index contributed by atoms with van der Waals surface area (Å²) in [5.41, 5.74) is 5.36. The molecule has 2 heteroatoms. The molecule has 0 aromatic heterocycles. The van der Waals surface area contributed by atoms with Gasteiger partial charge in [0.1, 0.15) is 6.23 Å². The van der Waals surface area contributed by atoms with E-state index in [2.05, 4.69) is 6.92 Å². The molecule has 0 bridgehead atoms. The van der Waals surface area contributed by atoms with Crippen molar-refractivity contribution >= 4 is 0 Å². The van der Waals surface area contributed by atoms with Crippen LogP contribution < -0.4 is 5.73 Å². The average Bonchev–Trinajstić information content (AvgIpc) is 1.68. The van der Waals surface area contributed by atoms with Gasteiger partial charge in [-0.3, -0.25) is 0 Å². The molecule has 0 amide bonds. The summed E-state index contributed by atoms with van der Waals surface area (Å²) in [6.07, 6.45) is 2.00. The van der Waals surface area contributed by atoms with Crippen molar-refractivity contribution in [2.45, 2.75) is 26.0 Å². The topological polar surface area (TPSA) is 35.2 Å². The van der Waals surface area contributed by atoms with E-state index in [-0.39, 0.29) is 6.23 Å². The fourth-order valence-corrected chi connectivity index (χ4v) is 0.402. The van der Waals surface area contributed by atoms with Gasteiger partial charge in [0.25, 0.3) is 0 Å². The molecule has 0 aliphatic rings.